The number of anilines is 1. The highest BCUT2D eigenvalue weighted by atomic mass is 19.1. The van der Waals surface area contributed by atoms with E-state index in [4.69, 9.17) is 5.73 Å². The van der Waals surface area contributed by atoms with Crippen molar-refractivity contribution in [2.24, 2.45) is 11.7 Å². The van der Waals surface area contributed by atoms with Crippen molar-refractivity contribution >= 4 is 23.3 Å². The van der Waals surface area contributed by atoms with Crippen molar-refractivity contribution in [3.8, 4) is 11.1 Å². The van der Waals surface area contributed by atoms with Gasteiger partial charge in [0.15, 0.2) is 6.04 Å². The summed E-state index contributed by atoms with van der Waals surface area (Å²) in [4.78, 5) is 33.5. The average Bonchev–Trinajstić information content (AvgIpc) is 3.23. The SMILES string of the molecule is C=CC(C=C)[NH+]=C(/C=C\N)C(=O)N[C@H](C(=O)Nc1ccc(-c2c(C)n[nH]c2C)c(F)n1)C1CCCCC1. The van der Waals surface area contributed by atoms with E-state index >= 15 is 0 Å². The van der Waals surface area contributed by atoms with Crippen LogP contribution in [0.15, 0.2) is 49.7 Å². The number of carbonyl (C=O) groups excluding carboxylic acids is 2. The van der Waals surface area contributed by atoms with Crippen molar-refractivity contribution < 1.29 is 19.0 Å². The lowest BCUT2D eigenvalue weighted by molar-refractivity contribution is -0.473. The molecule has 1 aliphatic carbocycles. The maximum Gasteiger partial charge on any atom is 0.316 e. The molecule has 0 saturated heterocycles. The smallest absolute Gasteiger partial charge is 0.316 e. The van der Waals surface area contributed by atoms with Gasteiger partial charge in [-0.05, 0) is 56.9 Å². The largest absolute Gasteiger partial charge is 0.404 e. The number of nitrogens with one attached hydrogen (secondary N) is 4. The molecule has 2 heterocycles. The molecule has 0 aliphatic heterocycles. The molecule has 2 aromatic rings. The fourth-order valence-corrected chi connectivity index (χ4v) is 4.61. The van der Waals surface area contributed by atoms with Crippen LogP contribution in [-0.4, -0.2) is 44.8 Å². The van der Waals surface area contributed by atoms with Gasteiger partial charge in [0.25, 0.3) is 5.71 Å². The van der Waals surface area contributed by atoms with Gasteiger partial charge in [-0.1, -0.05) is 32.4 Å². The number of aromatic amines is 1. The molecule has 0 bridgehead atoms. The van der Waals surface area contributed by atoms with Gasteiger partial charge in [-0.2, -0.15) is 9.49 Å². The van der Waals surface area contributed by atoms with E-state index in [9.17, 15) is 14.0 Å². The molecule has 1 atom stereocenters. The molecule has 0 unspecified atom stereocenters. The normalized spacial score (nSPS) is 15.5. The van der Waals surface area contributed by atoms with Crippen molar-refractivity contribution in [2.75, 3.05) is 5.32 Å². The van der Waals surface area contributed by atoms with Gasteiger partial charge in [0.1, 0.15) is 11.9 Å². The third-order valence-corrected chi connectivity index (χ3v) is 6.53. The third kappa shape index (κ3) is 6.78. The van der Waals surface area contributed by atoms with Crippen LogP contribution in [0.3, 0.4) is 0 Å². The zero-order chi connectivity index (χ0) is 26.9. The summed E-state index contributed by atoms with van der Waals surface area (Å²) >= 11 is 0. The minimum Gasteiger partial charge on any atom is -0.404 e. The summed E-state index contributed by atoms with van der Waals surface area (Å²) in [7, 11) is 0. The van der Waals surface area contributed by atoms with Crippen molar-refractivity contribution in [2.45, 2.75) is 58.0 Å². The summed E-state index contributed by atoms with van der Waals surface area (Å²) in [5, 5.41) is 12.5. The number of hydrogen-bond donors (Lipinski definition) is 5. The molecule has 196 valence electrons. The predicted octanol–water partition coefficient (Wildman–Crippen LogP) is 1.97. The Morgan fingerprint density at radius 2 is 1.92 bits per heavy atom. The van der Waals surface area contributed by atoms with E-state index in [2.05, 4.69) is 44.0 Å². The molecule has 1 saturated carbocycles. The zero-order valence-corrected chi connectivity index (χ0v) is 21.3. The molecule has 0 aromatic carbocycles. The van der Waals surface area contributed by atoms with Crippen LogP contribution in [0.1, 0.15) is 43.5 Å². The Kier molecular flexibility index (Phi) is 9.48. The van der Waals surface area contributed by atoms with Gasteiger partial charge in [-0.15, -0.1) is 0 Å². The summed E-state index contributed by atoms with van der Waals surface area (Å²) in [6.07, 6.45) is 10.4. The molecule has 1 aliphatic rings. The topological polar surface area (TPSA) is 140 Å². The lowest BCUT2D eigenvalue weighted by Gasteiger charge is -2.29. The first-order chi connectivity index (χ1) is 17.8. The second-order valence-corrected chi connectivity index (χ2v) is 9.10. The number of hydrogen-bond acceptors (Lipinski definition) is 5. The molecule has 2 aromatic heterocycles. The van der Waals surface area contributed by atoms with Crippen molar-refractivity contribution in [3.05, 3.63) is 67.1 Å². The summed E-state index contributed by atoms with van der Waals surface area (Å²) in [6.45, 7) is 11.0. The molecule has 1 fully saturated rings. The van der Waals surface area contributed by atoms with Gasteiger partial charge in [0.2, 0.25) is 11.9 Å². The Morgan fingerprint density at radius 1 is 1.22 bits per heavy atom. The van der Waals surface area contributed by atoms with Crippen molar-refractivity contribution in [3.63, 3.8) is 0 Å². The van der Waals surface area contributed by atoms with Gasteiger partial charge in [0.05, 0.1) is 5.69 Å². The molecule has 6 N–H and O–H groups in total. The summed E-state index contributed by atoms with van der Waals surface area (Å²) in [6, 6.07) is 1.89. The number of nitrogens with zero attached hydrogens (tertiary/aromatic N) is 2. The van der Waals surface area contributed by atoms with Crippen LogP contribution in [0.4, 0.5) is 10.2 Å². The molecule has 2 amide bonds. The van der Waals surface area contributed by atoms with Gasteiger partial charge < -0.3 is 16.4 Å². The summed E-state index contributed by atoms with van der Waals surface area (Å²) in [5.74, 6) is -1.70. The second-order valence-electron chi connectivity index (χ2n) is 9.10. The van der Waals surface area contributed by atoms with E-state index in [0.29, 0.717) is 11.3 Å². The molecule has 37 heavy (non-hydrogen) atoms. The van der Waals surface area contributed by atoms with Gasteiger partial charge in [0, 0.05) is 29.1 Å². The number of nitrogens with two attached hydrogens (primary N) is 1. The summed E-state index contributed by atoms with van der Waals surface area (Å²) < 4.78 is 14.9. The second kappa shape index (κ2) is 12.8. The third-order valence-electron chi connectivity index (χ3n) is 6.53. The Bertz CT molecular complexity index is 1180. The molecule has 9 nitrogen and oxygen atoms in total. The Labute approximate surface area is 216 Å². The first kappa shape index (κ1) is 27.5. The van der Waals surface area contributed by atoms with Gasteiger partial charge in [-0.3, -0.25) is 14.7 Å². The minimum atomic E-state index is -0.843. The van der Waals surface area contributed by atoms with E-state index in [1.807, 2.05) is 0 Å². The maximum atomic E-state index is 14.9. The maximum absolute atomic E-state index is 14.9. The first-order valence-electron chi connectivity index (χ1n) is 12.4. The first-order valence-corrected chi connectivity index (χ1v) is 12.4. The highest BCUT2D eigenvalue weighted by Gasteiger charge is 2.33. The average molecular weight is 509 g/mol. The highest BCUT2D eigenvalue weighted by Crippen LogP contribution is 2.29. The zero-order valence-electron chi connectivity index (χ0n) is 21.3. The van der Waals surface area contributed by atoms with Crippen LogP contribution in [0, 0.1) is 25.7 Å². The number of halogens is 1. The Morgan fingerprint density at radius 3 is 2.49 bits per heavy atom. The molecule has 3 rings (SSSR count). The van der Waals surface area contributed by atoms with Crippen LogP contribution < -0.4 is 21.4 Å². The van der Waals surface area contributed by atoms with Gasteiger partial charge >= 0.3 is 5.91 Å². The van der Waals surface area contributed by atoms with E-state index in [1.54, 1.807) is 32.1 Å². The number of pyridine rings is 1. The highest BCUT2D eigenvalue weighted by molar-refractivity contribution is 6.41. The number of aromatic nitrogens is 3. The minimum absolute atomic E-state index is 0.0580. The predicted molar refractivity (Wildman–Crippen MR) is 142 cm³/mol. The molecule has 0 radical (unpaired) electrons. The number of aryl methyl sites for hydroxylation is 2. The van der Waals surface area contributed by atoms with E-state index in [0.717, 1.165) is 37.8 Å². The number of rotatable bonds is 10. The number of amides is 2. The lowest BCUT2D eigenvalue weighted by atomic mass is 9.83. The Balaban J connectivity index is 1.84. The van der Waals surface area contributed by atoms with E-state index in [-0.39, 0.29) is 29.1 Å². The summed E-state index contributed by atoms with van der Waals surface area (Å²) in [5.41, 5.74) is 8.00. The molecular formula is C27H35FN7O2+. The van der Waals surface area contributed by atoms with E-state index < -0.39 is 23.8 Å². The lowest BCUT2D eigenvalue weighted by Crippen LogP contribution is -2.80. The van der Waals surface area contributed by atoms with Crippen LogP contribution in [-0.2, 0) is 9.59 Å². The quantitative estimate of drug-likeness (QED) is 0.190. The number of H-pyrrole nitrogens is 1. The standard InChI is InChI=1S/C27H34FN7O2/c1-5-19(6-2)30-21(14-15-29)26(36)33-24(18-10-8-7-9-11-18)27(37)32-22-13-12-20(25(28)31-22)23-16(3)34-35-17(23)4/h5-6,12-15,18-19,24H,1-2,7-11,29H2,3-4H3,(H,33,36)(H,34,35)(H,31,32,37)/p+1/b15-14-,30-21?/t24-/m0/s1. The van der Waals surface area contributed by atoms with Crippen LogP contribution in [0.5, 0.6) is 0 Å². The number of carbonyl (C=O) groups is 2. The fourth-order valence-electron chi connectivity index (χ4n) is 4.61. The monoisotopic (exact) mass is 508 g/mol. The van der Waals surface area contributed by atoms with Crippen molar-refractivity contribution in [1.82, 2.24) is 20.5 Å². The van der Waals surface area contributed by atoms with Crippen molar-refractivity contribution in [1.29, 1.82) is 0 Å². The molecular weight excluding hydrogens is 473 g/mol. The van der Waals surface area contributed by atoms with Crippen LogP contribution in [0.25, 0.3) is 11.1 Å². The van der Waals surface area contributed by atoms with Crippen LogP contribution in [0.2, 0.25) is 0 Å². The Hall–Kier alpha value is -4.08. The van der Waals surface area contributed by atoms with E-state index in [1.165, 1.54) is 18.3 Å². The van der Waals surface area contributed by atoms with Gasteiger partial charge in [-0.25, -0.2) is 9.98 Å². The van der Waals surface area contributed by atoms with Crippen LogP contribution >= 0.6 is 0 Å². The molecule has 0 spiro atoms. The molecule has 10 heteroatoms. The fraction of sp³-hybridized carbons (Fsp3) is 0.370.